The van der Waals surface area contributed by atoms with Crippen molar-refractivity contribution in [1.29, 1.82) is 0 Å². The molecule has 2 aromatic carbocycles. The summed E-state index contributed by atoms with van der Waals surface area (Å²) in [4.78, 5) is 23.9. The number of nitro groups is 1. The van der Waals surface area contributed by atoms with Crippen molar-refractivity contribution < 1.29 is 26.6 Å². The molecule has 0 aliphatic heterocycles. The number of carbonyl (C=O) groups is 1. The van der Waals surface area contributed by atoms with Crippen LogP contribution in [0.25, 0.3) is 0 Å². The van der Waals surface area contributed by atoms with E-state index in [4.69, 9.17) is 0 Å². The molecule has 0 radical (unpaired) electrons. The molecule has 0 bridgehead atoms. The van der Waals surface area contributed by atoms with E-state index in [1.165, 1.54) is 24.3 Å². The molecule has 0 aliphatic rings. The minimum absolute atomic E-state index is 0.0545. The highest BCUT2D eigenvalue weighted by Crippen LogP contribution is 2.30. The van der Waals surface area contributed by atoms with E-state index in [1.54, 1.807) is 32.9 Å². The molecule has 12 heteroatoms. The van der Waals surface area contributed by atoms with Crippen molar-refractivity contribution in [3.8, 4) is 0 Å². The summed E-state index contributed by atoms with van der Waals surface area (Å²) in [7, 11) is -7.34. The monoisotopic (exact) mass is 497 g/mol. The maximum atomic E-state index is 13.1. The summed E-state index contributed by atoms with van der Waals surface area (Å²) in [5, 5.41) is 14.0. The van der Waals surface area contributed by atoms with E-state index < -0.39 is 42.8 Å². The molecule has 0 unspecified atom stereocenters. The van der Waals surface area contributed by atoms with Crippen molar-refractivity contribution >= 4 is 37.1 Å². The summed E-state index contributed by atoms with van der Waals surface area (Å²) in [6.45, 7) is 4.93. The topological polar surface area (TPSA) is 144 Å². The number of anilines is 1. The van der Waals surface area contributed by atoms with Gasteiger partial charge in [-0.3, -0.25) is 19.2 Å². The van der Waals surface area contributed by atoms with Crippen LogP contribution in [-0.2, 0) is 24.7 Å². The second-order valence-corrected chi connectivity index (χ2v) is 11.7. The van der Waals surface area contributed by atoms with Crippen molar-refractivity contribution in [2.45, 2.75) is 44.2 Å². The zero-order chi connectivity index (χ0) is 25.1. The molecular weight excluding hydrogens is 470 g/mol. The van der Waals surface area contributed by atoms with Gasteiger partial charge in [-0.05, 0) is 43.5 Å². The maximum absolute atomic E-state index is 13.1. The van der Waals surface area contributed by atoms with Crippen molar-refractivity contribution in [2.24, 2.45) is 0 Å². The Morgan fingerprint density at radius 3 is 2.12 bits per heavy atom. The number of carbonyl (C=O) groups excluding carboxylic acids is 1. The van der Waals surface area contributed by atoms with E-state index in [1.807, 2.05) is 0 Å². The SMILES string of the molecule is CC[C@@H](C(=O)N[C@@H](C)c1ccc(S(C)(=O)=O)cc1)N(c1cc([N+](=O)[O-])ccc1C)S(C)(=O)=O. The van der Waals surface area contributed by atoms with Crippen molar-refractivity contribution in [3.05, 3.63) is 63.7 Å². The molecular formula is C21H27N3O7S2. The van der Waals surface area contributed by atoms with E-state index in [-0.39, 0.29) is 22.7 Å². The standard InChI is InChI=1S/C21H27N3O7S2/c1-6-19(21(25)22-15(3)16-8-11-18(12-9-16)32(4,28)29)23(33(5,30)31)20-13-17(24(26)27)10-7-14(20)2/h7-13,15,19H,6H2,1-5H3,(H,22,25)/t15-,19-/m0/s1. The average molecular weight is 498 g/mol. The van der Waals surface area contributed by atoms with Gasteiger partial charge < -0.3 is 5.32 Å². The van der Waals surface area contributed by atoms with Crippen LogP contribution in [-0.4, -0.2) is 46.2 Å². The highest BCUT2D eigenvalue weighted by Gasteiger charge is 2.34. The molecule has 2 aromatic rings. The predicted octanol–water partition coefficient (Wildman–Crippen LogP) is 2.73. The molecule has 2 atom stereocenters. The molecule has 10 nitrogen and oxygen atoms in total. The predicted molar refractivity (Wildman–Crippen MR) is 125 cm³/mol. The number of nitro benzene ring substituents is 1. The summed E-state index contributed by atoms with van der Waals surface area (Å²) in [5.41, 5.74) is 0.849. The molecule has 0 heterocycles. The number of aryl methyl sites for hydroxylation is 1. The minimum atomic E-state index is -3.98. The lowest BCUT2D eigenvalue weighted by Gasteiger charge is -2.32. The number of nitrogens with one attached hydrogen (secondary N) is 1. The third-order valence-electron chi connectivity index (χ3n) is 5.14. The molecule has 0 aliphatic carbocycles. The van der Waals surface area contributed by atoms with E-state index >= 15 is 0 Å². The molecule has 0 saturated carbocycles. The van der Waals surface area contributed by atoms with Crippen LogP contribution in [0.5, 0.6) is 0 Å². The number of hydrogen-bond donors (Lipinski definition) is 1. The second-order valence-electron chi connectivity index (χ2n) is 7.78. The largest absolute Gasteiger partial charge is 0.348 e. The first-order valence-electron chi connectivity index (χ1n) is 10.0. The van der Waals surface area contributed by atoms with Gasteiger partial charge in [0.15, 0.2) is 9.84 Å². The summed E-state index contributed by atoms with van der Waals surface area (Å²) >= 11 is 0. The normalized spacial score (nSPS) is 13.7. The zero-order valence-corrected chi connectivity index (χ0v) is 20.6. The number of non-ortho nitro benzene ring substituents is 1. The first-order chi connectivity index (χ1) is 15.2. The summed E-state index contributed by atoms with van der Waals surface area (Å²) < 4.78 is 49.5. The van der Waals surface area contributed by atoms with Gasteiger partial charge in [0.1, 0.15) is 6.04 Å². The van der Waals surface area contributed by atoms with Gasteiger partial charge in [-0.25, -0.2) is 16.8 Å². The maximum Gasteiger partial charge on any atom is 0.271 e. The number of amides is 1. The first kappa shape index (κ1) is 26.3. The molecule has 0 spiro atoms. The van der Waals surface area contributed by atoms with Gasteiger partial charge in [0, 0.05) is 18.4 Å². The van der Waals surface area contributed by atoms with E-state index in [0.717, 1.165) is 22.9 Å². The average Bonchev–Trinajstić information content (AvgIpc) is 2.70. The number of sulfonamides is 1. The van der Waals surface area contributed by atoms with Crippen LogP contribution in [0, 0.1) is 17.0 Å². The molecule has 180 valence electrons. The van der Waals surface area contributed by atoms with Gasteiger partial charge in [0.25, 0.3) is 5.69 Å². The minimum Gasteiger partial charge on any atom is -0.348 e. The molecule has 1 N–H and O–H groups in total. The number of hydrogen-bond acceptors (Lipinski definition) is 7. The van der Waals surface area contributed by atoms with Crippen molar-refractivity contribution in [2.75, 3.05) is 16.8 Å². The lowest BCUT2D eigenvalue weighted by atomic mass is 10.1. The van der Waals surface area contributed by atoms with Gasteiger partial charge in [-0.15, -0.1) is 0 Å². The fourth-order valence-electron chi connectivity index (χ4n) is 3.38. The third-order valence-corrected chi connectivity index (χ3v) is 7.43. The summed E-state index contributed by atoms with van der Waals surface area (Å²) in [5.74, 6) is -0.589. The van der Waals surface area contributed by atoms with Crippen LogP contribution in [0.4, 0.5) is 11.4 Å². The number of sulfone groups is 1. The molecule has 33 heavy (non-hydrogen) atoms. The van der Waals surface area contributed by atoms with Crippen molar-refractivity contribution in [1.82, 2.24) is 5.32 Å². The van der Waals surface area contributed by atoms with Gasteiger partial charge >= 0.3 is 0 Å². The Morgan fingerprint density at radius 1 is 1.09 bits per heavy atom. The molecule has 1 amide bonds. The Morgan fingerprint density at radius 2 is 1.67 bits per heavy atom. The highest BCUT2D eigenvalue weighted by atomic mass is 32.2. The Labute approximate surface area is 193 Å². The van der Waals surface area contributed by atoms with Crippen LogP contribution in [0.15, 0.2) is 47.4 Å². The molecule has 0 aromatic heterocycles. The fraction of sp³-hybridized carbons (Fsp3) is 0.381. The molecule has 2 rings (SSSR count). The van der Waals surface area contributed by atoms with Gasteiger partial charge in [-0.2, -0.15) is 0 Å². The first-order valence-corrected chi connectivity index (χ1v) is 13.8. The number of rotatable bonds is 9. The van der Waals surface area contributed by atoms with E-state index in [0.29, 0.717) is 11.1 Å². The van der Waals surface area contributed by atoms with Gasteiger partial charge in [0.2, 0.25) is 15.9 Å². The Bertz CT molecular complexity index is 1260. The van der Waals surface area contributed by atoms with Crippen LogP contribution in [0.3, 0.4) is 0 Å². The van der Waals surface area contributed by atoms with E-state index in [9.17, 15) is 31.7 Å². The Kier molecular flexibility index (Phi) is 7.86. The smallest absolute Gasteiger partial charge is 0.271 e. The van der Waals surface area contributed by atoms with E-state index in [2.05, 4.69) is 5.32 Å². The zero-order valence-electron chi connectivity index (χ0n) is 19.0. The van der Waals surface area contributed by atoms with Gasteiger partial charge in [-0.1, -0.05) is 25.1 Å². The van der Waals surface area contributed by atoms with Crippen LogP contribution in [0.2, 0.25) is 0 Å². The van der Waals surface area contributed by atoms with Crippen LogP contribution >= 0.6 is 0 Å². The van der Waals surface area contributed by atoms with Crippen molar-refractivity contribution in [3.63, 3.8) is 0 Å². The third kappa shape index (κ3) is 6.29. The Balaban J connectivity index is 2.40. The quantitative estimate of drug-likeness (QED) is 0.414. The molecule has 0 fully saturated rings. The summed E-state index contributed by atoms with van der Waals surface area (Å²) in [6.07, 6.45) is 2.14. The fourth-order valence-corrected chi connectivity index (χ4v) is 5.27. The Hall–Kier alpha value is -2.99. The lowest BCUT2D eigenvalue weighted by Crippen LogP contribution is -2.50. The van der Waals surface area contributed by atoms with Gasteiger partial charge in [0.05, 0.1) is 27.8 Å². The summed E-state index contributed by atoms with van der Waals surface area (Å²) in [6, 6.07) is 8.14. The number of nitrogens with zero attached hydrogens (tertiary/aromatic N) is 2. The lowest BCUT2D eigenvalue weighted by molar-refractivity contribution is -0.384. The highest BCUT2D eigenvalue weighted by molar-refractivity contribution is 7.92. The number of benzene rings is 2. The second kappa shape index (κ2) is 9.87. The van der Waals surface area contributed by atoms with Crippen LogP contribution in [0.1, 0.15) is 37.4 Å². The van der Waals surface area contributed by atoms with Crippen LogP contribution < -0.4 is 9.62 Å². The molecule has 0 saturated heterocycles.